The number of hydrogen-bond acceptors (Lipinski definition) is 4. The van der Waals surface area contributed by atoms with E-state index in [-0.39, 0.29) is 29.5 Å². The number of nitrogens with zero attached hydrogens (tertiary/aromatic N) is 2. The van der Waals surface area contributed by atoms with E-state index < -0.39 is 16.0 Å². The lowest BCUT2D eigenvalue weighted by Gasteiger charge is -2.20. The minimum absolute atomic E-state index is 0.0312. The standard InChI is InChI=1S/C17H18N2O4S/c1-11(2)15-4-3-12(17(20)21)7-16(15)24(22,23)19-9-13-5-6-18-8-14(13)10-19/h3-8,11H,9-10H2,1-2H3,(H,20,21). The van der Waals surface area contributed by atoms with Crippen LogP contribution < -0.4 is 0 Å². The van der Waals surface area contributed by atoms with E-state index in [0.717, 1.165) is 11.1 Å². The highest BCUT2D eigenvalue weighted by atomic mass is 32.2. The van der Waals surface area contributed by atoms with Crippen LogP contribution in [0.3, 0.4) is 0 Å². The van der Waals surface area contributed by atoms with Gasteiger partial charge in [-0.2, -0.15) is 4.31 Å². The van der Waals surface area contributed by atoms with Gasteiger partial charge < -0.3 is 5.11 Å². The monoisotopic (exact) mass is 346 g/mol. The van der Waals surface area contributed by atoms with E-state index in [1.165, 1.54) is 16.4 Å². The Hall–Kier alpha value is -2.25. The first kappa shape index (κ1) is 16.6. The van der Waals surface area contributed by atoms with Crippen LogP contribution in [0.15, 0.2) is 41.6 Å². The van der Waals surface area contributed by atoms with Crippen molar-refractivity contribution >= 4 is 16.0 Å². The normalized spacial score (nSPS) is 14.8. The molecule has 2 heterocycles. The molecule has 3 rings (SSSR count). The SMILES string of the molecule is CC(C)c1ccc(C(=O)O)cc1S(=O)(=O)N1Cc2ccncc2C1. The summed E-state index contributed by atoms with van der Waals surface area (Å²) in [7, 11) is -3.80. The van der Waals surface area contributed by atoms with E-state index >= 15 is 0 Å². The van der Waals surface area contributed by atoms with Crippen LogP contribution in [0.5, 0.6) is 0 Å². The summed E-state index contributed by atoms with van der Waals surface area (Å²) in [6, 6.07) is 6.10. The Morgan fingerprint density at radius 3 is 2.54 bits per heavy atom. The van der Waals surface area contributed by atoms with Gasteiger partial charge >= 0.3 is 5.97 Å². The summed E-state index contributed by atoms with van der Waals surface area (Å²) >= 11 is 0. The molecule has 0 spiro atoms. The molecular weight excluding hydrogens is 328 g/mol. The van der Waals surface area contributed by atoms with Gasteiger partial charge in [-0.25, -0.2) is 13.2 Å². The van der Waals surface area contributed by atoms with Crippen LogP contribution in [-0.4, -0.2) is 28.8 Å². The highest BCUT2D eigenvalue weighted by molar-refractivity contribution is 7.89. The van der Waals surface area contributed by atoms with Crippen molar-refractivity contribution in [1.82, 2.24) is 9.29 Å². The van der Waals surface area contributed by atoms with Crippen LogP contribution in [0.1, 0.15) is 46.8 Å². The first-order chi connectivity index (χ1) is 11.3. The summed E-state index contributed by atoms with van der Waals surface area (Å²) in [4.78, 5) is 15.3. The van der Waals surface area contributed by atoms with Crippen molar-refractivity contribution in [3.05, 3.63) is 58.9 Å². The predicted molar refractivity (Wildman–Crippen MR) is 88.2 cm³/mol. The molecule has 7 heteroatoms. The molecule has 0 atom stereocenters. The number of sulfonamides is 1. The topological polar surface area (TPSA) is 87.6 Å². The quantitative estimate of drug-likeness (QED) is 0.919. The molecule has 1 aromatic heterocycles. The highest BCUT2D eigenvalue weighted by Gasteiger charge is 2.33. The van der Waals surface area contributed by atoms with Gasteiger partial charge in [0.1, 0.15) is 0 Å². The fraction of sp³-hybridized carbons (Fsp3) is 0.294. The molecule has 0 saturated carbocycles. The first-order valence-electron chi connectivity index (χ1n) is 7.60. The molecule has 0 amide bonds. The Kier molecular flexibility index (Phi) is 4.15. The van der Waals surface area contributed by atoms with E-state index in [1.807, 2.05) is 19.9 Å². The lowest BCUT2D eigenvalue weighted by atomic mass is 10.0. The molecule has 1 aliphatic heterocycles. The van der Waals surface area contributed by atoms with Crippen molar-refractivity contribution < 1.29 is 18.3 Å². The number of fused-ring (bicyclic) bond motifs is 1. The van der Waals surface area contributed by atoms with Gasteiger partial charge in [-0.3, -0.25) is 4.98 Å². The maximum Gasteiger partial charge on any atom is 0.335 e. The number of hydrogen-bond donors (Lipinski definition) is 1. The maximum absolute atomic E-state index is 13.1. The summed E-state index contributed by atoms with van der Waals surface area (Å²) in [6.45, 7) is 4.30. The first-order valence-corrected chi connectivity index (χ1v) is 9.04. The zero-order valence-electron chi connectivity index (χ0n) is 13.4. The van der Waals surface area contributed by atoms with Crippen LogP contribution in [-0.2, 0) is 23.1 Å². The molecular formula is C17H18N2O4S. The number of benzene rings is 1. The minimum Gasteiger partial charge on any atom is -0.478 e. The summed E-state index contributed by atoms with van der Waals surface area (Å²) < 4.78 is 27.6. The second-order valence-corrected chi connectivity index (χ2v) is 8.04. The van der Waals surface area contributed by atoms with Gasteiger partial charge in [-0.1, -0.05) is 19.9 Å². The molecule has 126 valence electrons. The van der Waals surface area contributed by atoms with Crippen molar-refractivity contribution in [3.8, 4) is 0 Å². The van der Waals surface area contributed by atoms with Crippen molar-refractivity contribution in [2.45, 2.75) is 37.8 Å². The molecule has 0 bridgehead atoms. The molecule has 1 N–H and O–H groups in total. The average molecular weight is 346 g/mol. The summed E-state index contributed by atoms with van der Waals surface area (Å²) in [5.74, 6) is -1.18. The maximum atomic E-state index is 13.1. The summed E-state index contributed by atoms with van der Waals surface area (Å²) in [6.07, 6.45) is 3.31. The third-order valence-electron chi connectivity index (χ3n) is 4.20. The third kappa shape index (κ3) is 2.81. The van der Waals surface area contributed by atoms with E-state index in [1.54, 1.807) is 18.5 Å². The van der Waals surface area contributed by atoms with Crippen LogP contribution in [0.2, 0.25) is 0 Å². The molecule has 0 fully saturated rings. The lowest BCUT2D eigenvalue weighted by molar-refractivity contribution is 0.0696. The Bertz CT molecular complexity index is 882. The van der Waals surface area contributed by atoms with E-state index in [4.69, 9.17) is 0 Å². The van der Waals surface area contributed by atoms with E-state index in [0.29, 0.717) is 5.56 Å². The highest BCUT2D eigenvalue weighted by Crippen LogP contribution is 2.32. The second-order valence-electron chi connectivity index (χ2n) is 6.13. The predicted octanol–water partition coefficient (Wildman–Crippen LogP) is 2.61. The zero-order chi connectivity index (χ0) is 17.5. The Morgan fingerprint density at radius 1 is 1.21 bits per heavy atom. The molecule has 0 aliphatic carbocycles. The molecule has 1 aliphatic rings. The van der Waals surface area contributed by atoms with E-state index in [2.05, 4.69) is 4.98 Å². The summed E-state index contributed by atoms with van der Waals surface area (Å²) in [5.41, 5.74) is 2.39. The van der Waals surface area contributed by atoms with Gasteiger partial charge in [0, 0.05) is 25.5 Å². The molecule has 0 radical (unpaired) electrons. The lowest BCUT2D eigenvalue weighted by Crippen LogP contribution is -2.27. The van der Waals surface area contributed by atoms with Crippen molar-refractivity contribution in [2.75, 3.05) is 0 Å². The molecule has 2 aromatic rings. The second kappa shape index (κ2) is 5.99. The van der Waals surface area contributed by atoms with Crippen LogP contribution in [0, 0.1) is 0 Å². The van der Waals surface area contributed by atoms with Crippen LogP contribution in [0.4, 0.5) is 0 Å². The number of carboxylic acid groups (broad SMARTS) is 1. The number of carbonyl (C=O) groups is 1. The number of aromatic carboxylic acids is 1. The van der Waals surface area contributed by atoms with Gasteiger partial charge in [0.25, 0.3) is 0 Å². The average Bonchev–Trinajstić information content (AvgIpc) is 2.99. The van der Waals surface area contributed by atoms with Crippen LogP contribution >= 0.6 is 0 Å². The number of carboxylic acids is 1. The number of pyridine rings is 1. The summed E-state index contributed by atoms with van der Waals surface area (Å²) in [5, 5.41) is 9.20. The van der Waals surface area contributed by atoms with Gasteiger partial charge in [0.15, 0.2) is 0 Å². The Labute approximate surface area is 140 Å². The fourth-order valence-corrected chi connectivity index (χ4v) is 4.64. The molecule has 0 saturated heterocycles. The van der Waals surface area contributed by atoms with Gasteiger partial charge in [-0.15, -0.1) is 0 Å². The van der Waals surface area contributed by atoms with Crippen molar-refractivity contribution in [1.29, 1.82) is 0 Å². The minimum atomic E-state index is -3.80. The fourth-order valence-electron chi connectivity index (χ4n) is 2.87. The largest absolute Gasteiger partial charge is 0.478 e. The molecule has 6 nitrogen and oxygen atoms in total. The third-order valence-corrected chi connectivity index (χ3v) is 6.05. The molecule has 24 heavy (non-hydrogen) atoms. The zero-order valence-corrected chi connectivity index (χ0v) is 14.2. The van der Waals surface area contributed by atoms with Gasteiger partial charge in [0.05, 0.1) is 10.5 Å². The molecule has 0 unspecified atom stereocenters. The van der Waals surface area contributed by atoms with Gasteiger partial charge in [-0.05, 0) is 40.8 Å². The Morgan fingerprint density at radius 2 is 1.92 bits per heavy atom. The van der Waals surface area contributed by atoms with Crippen molar-refractivity contribution in [2.24, 2.45) is 0 Å². The smallest absolute Gasteiger partial charge is 0.335 e. The number of rotatable bonds is 4. The molecule has 1 aromatic carbocycles. The van der Waals surface area contributed by atoms with Crippen LogP contribution in [0.25, 0.3) is 0 Å². The number of aromatic nitrogens is 1. The van der Waals surface area contributed by atoms with Gasteiger partial charge in [0.2, 0.25) is 10.0 Å². The van der Waals surface area contributed by atoms with E-state index in [9.17, 15) is 18.3 Å². The Balaban J connectivity index is 2.07. The van der Waals surface area contributed by atoms with Crippen molar-refractivity contribution in [3.63, 3.8) is 0 Å².